The molecular formula is C11H20F3NOS. The van der Waals surface area contributed by atoms with Crippen LogP contribution < -0.4 is 5.32 Å². The van der Waals surface area contributed by atoms with Crippen LogP contribution in [0.4, 0.5) is 13.2 Å². The van der Waals surface area contributed by atoms with Gasteiger partial charge in [-0.15, -0.1) is 0 Å². The Balaban J connectivity index is 1.94. The van der Waals surface area contributed by atoms with Crippen molar-refractivity contribution < 1.29 is 18.3 Å². The van der Waals surface area contributed by atoms with E-state index in [4.69, 9.17) is 0 Å². The van der Waals surface area contributed by atoms with E-state index in [9.17, 15) is 18.3 Å². The van der Waals surface area contributed by atoms with Crippen LogP contribution in [0.15, 0.2) is 0 Å². The van der Waals surface area contributed by atoms with Crippen molar-refractivity contribution in [2.45, 2.75) is 43.7 Å². The summed E-state index contributed by atoms with van der Waals surface area (Å²) in [5, 5.41) is 12.5. The molecule has 0 aromatic rings. The van der Waals surface area contributed by atoms with Crippen LogP contribution >= 0.6 is 11.8 Å². The maximum Gasteiger partial charge on any atom is 0.441 e. The van der Waals surface area contributed by atoms with Crippen molar-refractivity contribution in [2.24, 2.45) is 5.92 Å². The smallest absolute Gasteiger partial charge is 0.392 e. The minimum absolute atomic E-state index is 0.000349. The Kier molecular flexibility index (Phi) is 6.66. The van der Waals surface area contributed by atoms with Crippen LogP contribution in [0.25, 0.3) is 0 Å². The molecule has 2 nitrogen and oxygen atoms in total. The van der Waals surface area contributed by atoms with Gasteiger partial charge in [0.1, 0.15) is 0 Å². The van der Waals surface area contributed by atoms with Crippen molar-refractivity contribution >= 4 is 11.8 Å². The van der Waals surface area contributed by atoms with Crippen molar-refractivity contribution in [1.29, 1.82) is 0 Å². The van der Waals surface area contributed by atoms with E-state index in [1.54, 1.807) is 0 Å². The van der Waals surface area contributed by atoms with Crippen LogP contribution in [-0.2, 0) is 0 Å². The summed E-state index contributed by atoms with van der Waals surface area (Å²) in [6, 6.07) is 0. The van der Waals surface area contributed by atoms with Crippen LogP contribution in [-0.4, -0.2) is 35.6 Å². The Morgan fingerprint density at radius 1 is 1.29 bits per heavy atom. The molecule has 0 aliphatic heterocycles. The number of alkyl halides is 3. The van der Waals surface area contributed by atoms with Crippen LogP contribution in [0.2, 0.25) is 0 Å². The predicted molar refractivity (Wildman–Crippen MR) is 64.0 cm³/mol. The number of aliphatic hydroxyl groups excluding tert-OH is 1. The van der Waals surface area contributed by atoms with Gasteiger partial charge < -0.3 is 10.4 Å². The van der Waals surface area contributed by atoms with E-state index in [2.05, 4.69) is 5.32 Å². The van der Waals surface area contributed by atoms with Gasteiger partial charge in [0.2, 0.25) is 0 Å². The van der Waals surface area contributed by atoms with Gasteiger partial charge >= 0.3 is 5.51 Å². The maximum atomic E-state index is 11.8. The summed E-state index contributed by atoms with van der Waals surface area (Å²) in [6.45, 7) is 0.681. The van der Waals surface area contributed by atoms with E-state index in [1.807, 2.05) is 0 Å². The molecule has 0 aromatic carbocycles. The Morgan fingerprint density at radius 3 is 2.53 bits per heavy atom. The Bertz CT molecular complexity index is 207. The number of hydrogen-bond donors (Lipinski definition) is 2. The Labute approximate surface area is 104 Å². The number of halogens is 3. The lowest BCUT2D eigenvalue weighted by molar-refractivity contribution is -0.0327. The van der Waals surface area contributed by atoms with Crippen molar-refractivity contribution in [3.8, 4) is 0 Å². The first kappa shape index (κ1) is 15.1. The highest BCUT2D eigenvalue weighted by Gasteiger charge is 2.27. The molecule has 0 radical (unpaired) electrons. The lowest BCUT2D eigenvalue weighted by Gasteiger charge is -2.16. The molecule has 0 amide bonds. The molecule has 0 saturated heterocycles. The lowest BCUT2D eigenvalue weighted by Crippen LogP contribution is -2.30. The predicted octanol–water partition coefficient (Wildman–Crippen LogP) is 2.77. The van der Waals surface area contributed by atoms with Crippen molar-refractivity contribution in [2.75, 3.05) is 18.8 Å². The molecule has 102 valence electrons. The summed E-state index contributed by atoms with van der Waals surface area (Å²) in [5.41, 5.74) is -4.15. The second kappa shape index (κ2) is 7.48. The fraction of sp³-hybridized carbons (Fsp3) is 1.00. The summed E-state index contributed by atoms with van der Waals surface area (Å²) in [7, 11) is 0. The van der Waals surface area contributed by atoms with E-state index in [0.29, 0.717) is 12.5 Å². The zero-order chi connectivity index (χ0) is 12.7. The molecule has 1 unspecified atom stereocenters. The first-order valence-electron chi connectivity index (χ1n) is 6.07. The zero-order valence-corrected chi connectivity index (χ0v) is 10.6. The van der Waals surface area contributed by atoms with Crippen LogP contribution in [0.5, 0.6) is 0 Å². The summed E-state index contributed by atoms with van der Waals surface area (Å²) < 4.78 is 35.4. The van der Waals surface area contributed by atoms with Gasteiger partial charge in [0.25, 0.3) is 0 Å². The minimum atomic E-state index is -4.15. The summed E-state index contributed by atoms with van der Waals surface area (Å²) in [4.78, 5) is 0. The number of hydrogen-bond acceptors (Lipinski definition) is 3. The van der Waals surface area contributed by atoms with Gasteiger partial charge in [-0.2, -0.15) is 13.2 Å². The van der Waals surface area contributed by atoms with Crippen molar-refractivity contribution in [3.63, 3.8) is 0 Å². The van der Waals surface area contributed by atoms with E-state index < -0.39 is 11.6 Å². The monoisotopic (exact) mass is 271 g/mol. The summed E-state index contributed by atoms with van der Waals surface area (Å²) >= 11 is -0.0260. The molecule has 0 spiro atoms. The lowest BCUT2D eigenvalue weighted by atomic mass is 10.0. The Hall–Kier alpha value is 0.0600. The molecule has 2 N–H and O–H groups in total. The molecule has 1 aliphatic carbocycles. The molecule has 1 atom stereocenters. The number of nitrogens with one attached hydrogen (secondary N) is 1. The largest absolute Gasteiger partial charge is 0.441 e. The molecular weight excluding hydrogens is 251 g/mol. The first-order valence-corrected chi connectivity index (χ1v) is 7.05. The minimum Gasteiger partial charge on any atom is -0.392 e. The van der Waals surface area contributed by atoms with Gasteiger partial charge in [-0.1, -0.05) is 25.7 Å². The third-order valence-electron chi connectivity index (χ3n) is 3.00. The molecule has 1 saturated carbocycles. The van der Waals surface area contributed by atoms with E-state index >= 15 is 0 Å². The third kappa shape index (κ3) is 7.89. The molecule has 0 heterocycles. The second-order valence-corrected chi connectivity index (χ2v) is 5.70. The highest BCUT2D eigenvalue weighted by molar-refractivity contribution is 8.00. The van der Waals surface area contributed by atoms with Gasteiger partial charge in [0, 0.05) is 18.8 Å². The Morgan fingerprint density at radius 2 is 1.94 bits per heavy atom. The fourth-order valence-corrected chi connectivity index (χ4v) is 2.70. The average Bonchev–Trinajstić information content (AvgIpc) is 2.68. The topological polar surface area (TPSA) is 32.3 Å². The number of thioether (sulfide) groups is 1. The van der Waals surface area contributed by atoms with Crippen LogP contribution in [0.3, 0.4) is 0 Å². The molecule has 6 heteroatoms. The normalized spacial score (nSPS) is 19.8. The highest BCUT2D eigenvalue weighted by Crippen LogP contribution is 2.29. The van der Waals surface area contributed by atoms with Gasteiger partial charge in [-0.25, -0.2) is 0 Å². The van der Waals surface area contributed by atoms with Crippen LogP contribution in [0, 0.1) is 5.92 Å². The van der Waals surface area contributed by atoms with Crippen molar-refractivity contribution in [1.82, 2.24) is 5.32 Å². The fourth-order valence-electron chi connectivity index (χ4n) is 2.22. The van der Waals surface area contributed by atoms with E-state index in [-0.39, 0.29) is 24.1 Å². The van der Waals surface area contributed by atoms with Gasteiger partial charge in [0.05, 0.1) is 6.10 Å². The van der Waals surface area contributed by atoms with Gasteiger partial charge in [0.15, 0.2) is 0 Å². The SMILES string of the molecule is OC(CNCCSC(F)(F)F)CC1CCCC1. The number of rotatable bonds is 7. The molecule has 17 heavy (non-hydrogen) atoms. The molecule has 0 aromatic heterocycles. The average molecular weight is 271 g/mol. The second-order valence-electron chi connectivity index (χ2n) is 4.54. The maximum absolute atomic E-state index is 11.8. The van der Waals surface area contributed by atoms with E-state index in [0.717, 1.165) is 6.42 Å². The zero-order valence-electron chi connectivity index (χ0n) is 9.80. The summed E-state index contributed by atoms with van der Waals surface area (Å²) in [6.07, 6.45) is 5.20. The van der Waals surface area contributed by atoms with Gasteiger partial charge in [-0.05, 0) is 24.1 Å². The molecule has 1 aliphatic rings. The highest BCUT2D eigenvalue weighted by atomic mass is 32.2. The molecule has 1 fully saturated rings. The van der Waals surface area contributed by atoms with Crippen LogP contribution in [0.1, 0.15) is 32.1 Å². The quantitative estimate of drug-likeness (QED) is 0.698. The molecule has 1 rings (SSSR count). The third-order valence-corrected chi connectivity index (χ3v) is 3.74. The first-order chi connectivity index (χ1) is 7.97. The van der Waals surface area contributed by atoms with E-state index in [1.165, 1.54) is 25.7 Å². The molecule has 0 bridgehead atoms. The summed E-state index contributed by atoms with van der Waals surface area (Å²) in [5.74, 6) is 0.607. The number of aliphatic hydroxyl groups is 1. The standard InChI is InChI=1S/C11H20F3NOS/c12-11(13,14)17-6-5-15-8-10(16)7-9-3-1-2-4-9/h9-10,15-16H,1-8H2. The van der Waals surface area contributed by atoms with Gasteiger partial charge in [-0.3, -0.25) is 0 Å². The van der Waals surface area contributed by atoms with Crippen molar-refractivity contribution in [3.05, 3.63) is 0 Å².